The third kappa shape index (κ3) is 1.89. The van der Waals surface area contributed by atoms with E-state index in [1.165, 1.54) is 0 Å². The molecule has 0 N–H and O–H groups in total. The number of rotatable bonds is 2. The van der Waals surface area contributed by atoms with Crippen LogP contribution in [0, 0.1) is 0 Å². The van der Waals surface area contributed by atoms with Gasteiger partial charge in [0.1, 0.15) is 11.5 Å². The van der Waals surface area contributed by atoms with Crippen molar-refractivity contribution in [1.29, 1.82) is 0 Å². The lowest BCUT2D eigenvalue weighted by Crippen LogP contribution is -1.92. The smallest absolute Gasteiger partial charge is 0.231 e. The summed E-state index contributed by atoms with van der Waals surface area (Å²) in [6.07, 6.45) is 0. The molecule has 0 radical (unpaired) electrons. The average Bonchev–Trinajstić information content (AvgIpc) is 2.94. The Bertz CT molecular complexity index is 570. The van der Waals surface area contributed by atoms with Crippen LogP contribution >= 0.6 is 27.5 Å². The van der Waals surface area contributed by atoms with Gasteiger partial charge in [-0.25, -0.2) is 0 Å². The summed E-state index contributed by atoms with van der Waals surface area (Å²) in [5.41, 5.74) is 1.45. The highest BCUT2D eigenvalue weighted by atomic mass is 79.9. The van der Waals surface area contributed by atoms with E-state index in [4.69, 9.17) is 25.6 Å². The van der Waals surface area contributed by atoms with Crippen molar-refractivity contribution in [2.75, 3.05) is 6.79 Å². The Labute approximate surface area is 111 Å². The van der Waals surface area contributed by atoms with Gasteiger partial charge in [0.15, 0.2) is 11.5 Å². The number of aromatic nitrogens is 1. The van der Waals surface area contributed by atoms with Crippen molar-refractivity contribution in [3.8, 4) is 22.8 Å². The second kappa shape index (κ2) is 4.23. The van der Waals surface area contributed by atoms with Crippen molar-refractivity contribution < 1.29 is 14.0 Å². The molecular weight excluding hydrogens is 309 g/mol. The summed E-state index contributed by atoms with van der Waals surface area (Å²) >= 11 is 9.47. The lowest BCUT2D eigenvalue weighted by atomic mass is 10.1. The van der Waals surface area contributed by atoms with E-state index in [1.807, 2.05) is 6.07 Å². The minimum absolute atomic E-state index is 0.223. The molecule has 0 saturated heterocycles. The van der Waals surface area contributed by atoms with Gasteiger partial charge in [0.2, 0.25) is 6.79 Å². The zero-order chi connectivity index (χ0) is 11.8. The molecule has 2 aromatic rings. The third-order valence-corrected chi connectivity index (χ3v) is 3.29. The van der Waals surface area contributed by atoms with E-state index in [-0.39, 0.29) is 6.79 Å². The van der Waals surface area contributed by atoms with Crippen LogP contribution in [0.2, 0.25) is 5.02 Å². The minimum atomic E-state index is 0.223. The van der Waals surface area contributed by atoms with Gasteiger partial charge in [-0.3, -0.25) is 0 Å². The Hall–Kier alpha value is -1.20. The number of fused-ring (bicyclic) bond motifs is 1. The second-order valence-electron chi connectivity index (χ2n) is 3.50. The molecular formula is C11H7BrClNO3. The number of ether oxygens (including phenoxy) is 2. The van der Waals surface area contributed by atoms with E-state index in [0.717, 1.165) is 11.3 Å². The monoisotopic (exact) mass is 315 g/mol. The van der Waals surface area contributed by atoms with Gasteiger partial charge in [-0.1, -0.05) is 32.7 Å². The van der Waals surface area contributed by atoms with Gasteiger partial charge in [-0.05, 0) is 6.07 Å². The van der Waals surface area contributed by atoms with Crippen LogP contribution in [0.15, 0.2) is 22.7 Å². The Morgan fingerprint density at radius 1 is 1.24 bits per heavy atom. The highest BCUT2D eigenvalue weighted by molar-refractivity contribution is 9.08. The molecule has 0 fully saturated rings. The van der Waals surface area contributed by atoms with Crippen molar-refractivity contribution in [2.45, 2.75) is 5.33 Å². The van der Waals surface area contributed by atoms with Crippen molar-refractivity contribution in [2.24, 2.45) is 0 Å². The Kier molecular flexibility index (Phi) is 2.72. The molecule has 88 valence electrons. The first-order chi connectivity index (χ1) is 8.28. The molecule has 1 aliphatic heterocycles. The van der Waals surface area contributed by atoms with Gasteiger partial charge in [-0.2, -0.15) is 0 Å². The molecule has 0 spiro atoms. The Balaban J connectivity index is 2.08. The van der Waals surface area contributed by atoms with E-state index in [9.17, 15) is 0 Å². The van der Waals surface area contributed by atoms with Crippen LogP contribution in [0.3, 0.4) is 0 Å². The molecule has 0 unspecified atom stereocenters. The Morgan fingerprint density at radius 3 is 2.71 bits per heavy atom. The molecule has 0 atom stereocenters. The fraction of sp³-hybridized carbons (Fsp3) is 0.182. The van der Waals surface area contributed by atoms with Crippen LogP contribution in [0.5, 0.6) is 11.5 Å². The summed E-state index contributed by atoms with van der Waals surface area (Å²) in [7, 11) is 0. The molecule has 4 nitrogen and oxygen atoms in total. The summed E-state index contributed by atoms with van der Waals surface area (Å²) in [5.74, 6) is 2.07. The molecule has 17 heavy (non-hydrogen) atoms. The highest BCUT2D eigenvalue weighted by Crippen LogP contribution is 2.40. The fourth-order valence-electron chi connectivity index (χ4n) is 1.62. The normalized spacial score (nSPS) is 13.1. The molecule has 1 aliphatic rings. The lowest BCUT2D eigenvalue weighted by Gasteiger charge is -2.02. The highest BCUT2D eigenvalue weighted by Gasteiger charge is 2.19. The fourth-order valence-corrected chi connectivity index (χ4v) is 2.13. The topological polar surface area (TPSA) is 44.5 Å². The third-order valence-electron chi connectivity index (χ3n) is 2.43. The molecule has 0 amide bonds. The van der Waals surface area contributed by atoms with Gasteiger partial charge in [0, 0.05) is 17.7 Å². The number of alkyl halides is 1. The van der Waals surface area contributed by atoms with Crippen molar-refractivity contribution in [3.05, 3.63) is 29.0 Å². The van der Waals surface area contributed by atoms with Crippen LogP contribution in [-0.2, 0) is 5.33 Å². The summed E-state index contributed by atoms with van der Waals surface area (Å²) in [4.78, 5) is 0. The molecule has 0 saturated carbocycles. The maximum absolute atomic E-state index is 6.17. The van der Waals surface area contributed by atoms with Gasteiger partial charge < -0.3 is 14.0 Å². The maximum Gasteiger partial charge on any atom is 0.231 e. The largest absolute Gasteiger partial charge is 0.454 e. The van der Waals surface area contributed by atoms with Crippen LogP contribution in [0.25, 0.3) is 11.3 Å². The van der Waals surface area contributed by atoms with E-state index in [0.29, 0.717) is 27.5 Å². The quantitative estimate of drug-likeness (QED) is 0.794. The van der Waals surface area contributed by atoms with Crippen LogP contribution < -0.4 is 9.47 Å². The lowest BCUT2D eigenvalue weighted by molar-refractivity contribution is 0.174. The van der Waals surface area contributed by atoms with Gasteiger partial charge in [0.25, 0.3) is 0 Å². The van der Waals surface area contributed by atoms with Crippen molar-refractivity contribution in [3.63, 3.8) is 0 Å². The Morgan fingerprint density at radius 2 is 2.00 bits per heavy atom. The zero-order valence-corrected chi connectivity index (χ0v) is 10.9. The van der Waals surface area contributed by atoms with Crippen LogP contribution in [-0.4, -0.2) is 11.9 Å². The predicted molar refractivity (Wildman–Crippen MR) is 65.7 cm³/mol. The van der Waals surface area contributed by atoms with Gasteiger partial charge in [0.05, 0.1) is 10.4 Å². The predicted octanol–water partition coefficient (Wildman–Crippen LogP) is 3.62. The second-order valence-corrected chi connectivity index (χ2v) is 4.47. The first-order valence-corrected chi connectivity index (χ1v) is 6.39. The number of benzene rings is 1. The van der Waals surface area contributed by atoms with E-state index >= 15 is 0 Å². The van der Waals surface area contributed by atoms with E-state index in [1.54, 1.807) is 12.1 Å². The van der Waals surface area contributed by atoms with Crippen LogP contribution in [0.4, 0.5) is 0 Å². The number of halogens is 2. The number of nitrogens with zero attached hydrogens (tertiary/aromatic N) is 1. The van der Waals surface area contributed by atoms with E-state index in [2.05, 4.69) is 21.1 Å². The van der Waals surface area contributed by atoms with Crippen molar-refractivity contribution in [1.82, 2.24) is 5.16 Å². The van der Waals surface area contributed by atoms with Gasteiger partial charge in [-0.15, -0.1) is 0 Å². The zero-order valence-electron chi connectivity index (χ0n) is 8.57. The van der Waals surface area contributed by atoms with Crippen molar-refractivity contribution >= 4 is 27.5 Å². The summed E-state index contributed by atoms with van der Waals surface area (Å²) in [6, 6.07) is 5.36. The molecule has 2 heterocycles. The molecule has 1 aromatic heterocycles. The summed E-state index contributed by atoms with van der Waals surface area (Å²) in [6.45, 7) is 0.223. The molecule has 0 aliphatic carbocycles. The first-order valence-electron chi connectivity index (χ1n) is 4.89. The van der Waals surface area contributed by atoms with Crippen LogP contribution in [0.1, 0.15) is 5.76 Å². The summed E-state index contributed by atoms with van der Waals surface area (Å²) < 4.78 is 15.7. The van der Waals surface area contributed by atoms with Gasteiger partial charge >= 0.3 is 0 Å². The first kappa shape index (κ1) is 10.9. The number of hydrogen-bond acceptors (Lipinski definition) is 4. The standard InChI is InChI=1S/C11H7BrClNO3/c12-4-6-1-9(14-17-6)7-2-10-11(3-8(7)13)16-5-15-10/h1-3H,4-5H2. The SMILES string of the molecule is Clc1cc2c(cc1-c1cc(CBr)on1)OCO2. The average molecular weight is 317 g/mol. The number of hydrogen-bond donors (Lipinski definition) is 0. The summed E-state index contributed by atoms with van der Waals surface area (Å²) in [5, 5.41) is 5.13. The molecule has 1 aromatic carbocycles. The molecule has 0 bridgehead atoms. The minimum Gasteiger partial charge on any atom is -0.454 e. The van der Waals surface area contributed by atoms with E-state index < -0.39 is 0 Å². The molecule has 3 rings (SSSR count). The molecule has 6 heteroatoms. The maximum atomic E-state index is 6.17.